The van der Waals surface area contributed by atoms with Gasteiger partial charge in [-0.25, -0.2) is 0 Å². The Bertz CT molecular complexity index is 921. The van der Waals surface area contributed by atoms with Gasteiger partial charge in [-0.3, -0.25) is 0 Å². The largest absolute Gasteiger partial charge is 0.475 e. The summed E-state index contributed by atoms with van der Waals surface area (Å²) in [4.78, 5) is 13.6. The standard InChI is InChI=1S/C25H36N2O7/c28-19-4-1-2-5-20(19)33-34-22-7-3-6-21-23(22)24(26-32-21)31-16-18-8-12-27(13-9-18)17-25(29)10-14-30-15-11-25/h3,6-7,18-20,28-29H,1-2,4-5,8-17H2. The Hall–Kier alpha value is -1.91. The van der Waals surface area contributed by atoms with Gasteiger partial charge in [0.25, 0.3) is 5.88 Å². The van der Waals surface area contributed by atoms with E-state index in [2.05, 4.69) is 10.1 Å². The van der Waals surface area contributed by atoms with Gasteiger partial charge in [0.05, 0.1) is 18.3 Å². The van der Waals surface area contributed by atoms with E-state index in [1.54, 1.807) is 6.07 Å². The maximum atomic E-state index is 10.8. The van der Waals surface area contributed by atoms with Crippen LogP contribution in [-0.4, -0.2) is 77.5 Å². The van der Waals surface area contributed by atoms with Crippen LogP contribution in [0.3, 0.4) is 0 Å². The molecule has 3 aliphatic rings. The number of aliphatic hydroxyl groups is 2. The van der Waals surface area contributed by atoms with Gasteiger partial charge in [-0.15, -0.1) is 0 Å². The van der Waals surface area contributed by atoms with E-state index in [-0.39, 0.29) is 6.10 Å². The second kappa shape index (κ2) is 10.8. The summed E-state index contributed by atoms with van der Waals surface area (Å²) >= 11 is 0. The topological polar surface area (TPSA) is 107 Å². The first-order valence-corrected chi connectivity index (χ1v) is 12.6. The smallest absolute Gasteiger partial charge is 0.266 e. The minimum absolute atomic E-state index is 0.336. The van der Waals surface area contributed by atoms with E-state index in [4.69, 9.17) is 23.8 Å². The van der Waals surface area contributed by atoms with Gasteiger partial charge in [0, 0.05) is 32.6 Å². The number of nitrogens with zero attached hydrogens (tertiary/aromatic N) is 2. The van der Waals surface area contributed by atoms with E-state index in [0.717, 1.165) is 51.6 Å². The molecule has 1 aliphatic carbocycles. The number of likely N-dealkylation sites (tertiary alicyclic amines) is 1. The van der Waals surface area contributed by atoms with Crippen molar-refractivity contribution in [3.8, 4) is 11.6 Å². The number of hydrogen-bond donors (Lipinski definition) is 2. The fraction of sp³-hybridized carbons (Fsp3) is 0.720. The first kappa shape index (κ1) is 23.8. The highest BCUT2D eigenvalue weighted by molar-refractivity contribution is 5.88. The number of piperidine rings is 1. The summed E-state index contributed by atoms with van der Waals surface area (Å²) in [6.45, 7) is 4.44. The minimum Gasteiger partial charge on any atom is -0.475 e. The van der Waals surface area contributed by atoms with Crippen molar-refractivity contribution in [2.24, 2.45) is 5.92 Å². The van der Waals surface area contributed by atoms with Gasteiger partial charge < -0.3 is 34.0 Å². The van der Waals surface area contributed by atoms with Crippen LogP contribution in [0.5, 0.6) is 11.6 Å². The van der Waals surface area contributed by atoms with Crippen LogP contribution in [0.4, 0.5) is 0 Å². The molecule has 2 saturated heterocycles. The zero-order chi connectivity index (χ0) is 23.4. The van der Waals surface area contributed by atoms with Gasteiger partial charge in [-0.1, -0.05) is 18.9 Å². The van der Waals surface area contributed by atoms with Crippen LogP contribution in [0.2, 0.25) is 0 Å². The molecule has 0 radical (unpaired) electrons. The van der Waals surface area contributed by atoms with Crippen molar-refractivity contribution in [3.05, 3.63) is 18.2 Å². The molecule has 9 heteroatoms. The van der Waals surface area contributed by atoms with Crippen molar-refractivity contribution in [1.29, 1.82) is 0 Å². The van der Waals surface area contributed by atoms with Crippen molar-refractivity contribution in [2.75, 3.05) is 39.5 Å². The van der Waals surface area contributed by atoms with E-state index < -0.39 is 11.7 Å². The first-order chi connectivity index (χ1) is 16.6. The van der Waals surface area contributed by atoms with Crippen molar-refractivity contribution >= 4 is 11.0 Å². The average molecular weight is 477 g/mol. The molecule has 1 aromatic carbocycles. The van der Waals surface area contributed by atoms with Crippen molar-refractivity contribution in [1.82, 2.24) is 10.1 Å². The molecule has 0 spiro atoms. The fourth-order valence-electron chi connectivity index (χ4n) is 5.24. The van der Waals surface area contributed by atoms with Crippen molar-refractivity contribution in [2.45, 2.75) is 69.2 Å². The van der Waals surface area contributed by atoms with E-state index in [0.29, 0.717) is 67.7 Å². The second-order valence-corrected chi connectivity index (χ2v) is 10.1. The monoisotopic (exact) mass is 476 g/mol. The van der Waals surface area contributed by atoms with Gasteiger partial charge in [0.15, 0.2) is 11.3 Å². The number of ether oxygens (including phenoxy) is 2. The molecular formula is C25H36N2O7. The number of rotatable bonds is 8. The third-order valence-corrected chi connectivity index (χ3v) is 7.46. The van der Waals surface area contributed by atoms with Gasteiger partial charge in [-0.05, 0) is 62.0 Å². The third kappa shape index (κ3) is 5.66. The van der Waals surface area contributed by atoms with E-state index >= 15 is 0 Å². The predicted molar refractivity (Wildman–Crippen MR) is 124 cm³/mol. The number of aliphatic hydroxyl groups excluding tert-OH is 1. The van der Waals surface area contributed by atoms with E-state index in [1.807, 2.05) is 12.1 Å². The van der Waals surface area contributed by atoms with Gasteiger partial charge in [0.1, 0.15) is 11.5 Å². The number of fused-ring (bicyclic) bond motifs is 1. The zero-order valence-corrected chi connectivity index (χ0v) is 19.7. The molecule has 2 aromatic rings. The summed E-state index contributed by atoms with van der Waals surface area (Å²) in [6.07, 6.45) is 6.12. The fourth-order valence-corrected chi connectivity index (χ4v) is 5.24. The molecule has 1 aromatic heterocycles. The lowest BCUT2D eigenvalue weighted by Crippen LogP contribution is -2.49. The lowest BCUT2D eigenvalue weighted by molar-refractivity contribution is -0.271. The SMILES string of the molecule is OC1CCCCC1OOc1cccc2onc(OCC3CCN(CC4(O)CCOCC4)CC3)c12. The number of benzene rings is 1. The summed E-state index contributed by atoms with van der Waals surface area (Å²) in [5.41, 5.74) is -0.0484. The van der Waals surface area contributed by atoms with Crippen LogP contribution < -0.4 is 9.62 Å². The molecule has 2 aliphatic heterocycles. The van der Waals surface area contributed by atoms with Gasteiger partial charge >= 0.3 is 0 Å². The molecule has 0 bridgehead atoms. The highest BCUT2D eigenvalue weighted by atomic mass is 17.2. The Labute approximate surface area is 199 Å². The molecular weight excluding hydrogens is 440 g/mol. The lowest BCUT2D eigenvalue weighted by atomic mass is 9.91. The third-order valence-electron chi connectivity index (χ3n) is 7.46. The van der Waals surface area contributed by atoms with Gasteiger partial charge in [-0.2, -0.15) is 4.89 Å². The van der Waals surface area contributed by atoms with Gasteiger partial charge in [0.2, 0.25) is 0 Å². The highest BCUT2D eigenvalue weighted by Gasteiger charge is 2.33. The molecule has 3 heterocycles. The molecule has 1 saturated carbocycles. The number of hydrogen-bond acceptors (Lipinski definition) is 9. The summed E-state index contributed by atoms with van der Waals surface area (Å²) in [7, 11) is 0. The number of aromatic nitrogens is 1. The maximum Gasteiger partial charge on any atom is 0.266 e. The van der Waals surface area contributed by atoms with Crippen LogP contribution >= 0.6 is 0 Å². The second-order valence-electron chi connectivity index (χ2n) is 10.1. The Morgan fingerprint density at radius 3 is 2.68 bits per heavy atom. The zero-order valence-electron chi connectivity index (χ0n) is 19.7. The van der Waals surface area contributed by atoms with Crippen LogP contribution in [0.15, 0.2) is 22.7 Å². The quantitative estimate of drug-likeness (QED) is 0.439. The van der Waals surface area contributed by atoms with Crippen LogP contribution in [-0.2, 0) is 9.62 Å². The van der Waals surface area contributed by atoms with E-state index in [9.17, 15) is 10.2 Å². The molecule has 34 heavy (non-hydrogen) atoms. The summed E-state index contributed by atoms with van der Waals surface area (Å²) in [5.74, 6) is 1.29. The summed E-state index contributed by atoms with van der Waals surface area (Å²) < 4.78 is 16.9. The Morgan fingerprint density at radius 1 is 1.09 bits per heavy atom. The molecule has 2 atom stereocenters. The lowest BCUT2D eigenvalue weighted by Gasteiger charge is -2.39. The average Bonchev–Trinajstić information content (AvgIpc) is 3.27. The summed E-state index contributed by atoms with van der Waals surface area (Å²) in [6, 6.07) is 5.42. The molecule has 3 fully saturated rings. The van der Waals surface area contributed by atoms with Crippen molar-refractivity contribution in [3.63, 3.8) is 0 Å². The molecule has 0 amide bonds. The Morgan fingerprint density at radius 2 is 1.88 bits per heavy atom. The molecule has 188 valence electrons. The predicted octanol–water partition coefficient (Wildman–Crippen LogP) is 3.07. The molecule has 5 rings (SSSR count). The highest BCUT2D eigenvalue weighted by Crippen LogP contribution is 2.35. The molecule has 2 unspecified atom stereocenters. The molecule has 2 N–H and O–H groups in total. The van der Waals surface area contributed by atoms with E-state index in [1.165, 1.54) is 0 Å². The minimum atomic E-state index is -0.618. The number of β-amino-alcohol motifs (C(OH)–C–C–N with tert-alkyl or cyclic N) is 1. The maximum absolute atomic E-state index is 10.8. The van der Waals surface area contributed by atoms with Crippen LogP contribution in [0, 0.1) is 5.92 Å². The summed E-state index contributed by atoms with van der Waals surface area (Å²) in [5, 5.41) is 25.7. The first-order valence-electron chi connectivity index (χ1n) is 12.6. The Kier molecular flexibility index (Phi) is 7.55. The normalized spacial score (nSPS) is 26.5. The van der Waals surface area contributed by atoms with Crippen LogP contribution in [0.25, 0.3) is 11.0 Å². The van der Waals surface area contributed by atoms with Crippen molar-refractivity contribution < 1.29 is 34.0 Å². The van der Waals surface area contributed by atoms with Crippen LogP contribution in [0.1, 0.15) is 51.4 Å². The Balaban J connectivity index is 1.14. The molecule has 9 nitrogen and oxygen atoms in total.